The lowest BCUT2D eigenvalue weighted by atomic mass is 10.0. The molecule has 0 amide bonds. The molecule has 0 bridgehead atoms. The summed E-state index contributed by atoms with van der Waals surface area (Å²) in [5.74, 6) is 0. The second kappa shape index (κ2) is 8.72. The molecule has 1 aliphatic rings. The Kier molecular flexibility index (Phi) is 7.78. The van der Waals surface area contributed by atoms with Crippen LogP contribution in [0.3, 0.4) is 0 Å². The normalized spacial score (nSPS) is 24.6. The molecule has 14 heavy (non-hydrogen) atoms. The molecule has 1 saturated carbocycles. The van der Waals surface area contributed by atoms with Crippen molar-refractivity contribution in [3.8, 4) is 0 Å². The molecular formula is C13H27P. The maximum atomic E-state index is 2.40. The average molecular weight is 214 g/mol. The zero-order valence-electron chi connectivity index (χ0n) is 9.86. The van der Waals surface area contributed by atoms with Crippen molar-refractivity contribution in [2.24, 2.45) is 0 Å². The number of rotatable bonds is 1. The topological polar surface area (TPSA) is 0 Å². The van der Waals surface area contributed by atoms with Gasteiger partial charge in [-0.1, -0.05) is 57.8 Å². The van der Waals surface area contributed by atoms with E-state index in [1.807, 2.05) is 0 Å². The van der Waals surface area contributed by atoms with Crippen molar-refractivity contribution in [3.63, 3.8) is 0 Å². The highest BCUT2D eigenvalue weighted by molar-refractivity contribution is 7.37. The third-order valence-electron chi connectivity index (χ3n) is 3.51. The minimum atomic E-state index is 1.08. The molecule has 1 fully saturated rings. The van der Waals surface area contributed by atoms with E-state index in [1.165, 1.54) is 79.2 Å². The van der Waals surface area contributed by atoms with Crippen LogP contribution >= 0.6 is 8.58 Å². The van der Waals surface area contributed by atoms with Crippen molar-refractivity contribution in [2.75, 3.05) is 6.66 Å². The third-order valence-corrected chi connectivity index (χ3v) is 4.91. The van der Waals surface area contributed by atoms with Gasteiger partial charge in [-0.3, -0.25) is 0 Å². The molecule has 1 aliphatic carbocycles. The highest BCUT2D eigenvalue weighted by atomic mass is 31.1. The lowest BCUT2D eigenvalue weighted by Crippen LogP contribution is -2.01. The van der Waals surface area contributed by atoms with Crippen molar-refractivity contribution in [2.45, 2.75) is 76.3 Å². The largest absolute Gasteiger partial charge is 0.122 e. The first-order chi connectivity index (χ1) is 6.93. The molecule has 0 radical (unpaired) electrons. The predicted octanol–water partition coefficient (Wildman–Crippen LogP) is 4.97. The first-order valence-electron chi connectivity index (χ1n) is 6.61. The number of hydrogen-bond acceptors (Lipinski definition) is 0. The summed E-state index contributed by atoms with van der Waals surface area (Å²) in [4.78, 5) is 0. The molecule has 1 atom stereocenters. The average Bonchev–Trinajstić information content (AvgIpc) is 2.19. The van der Waals surface area contributed by atoms with Gasteiger partial charge in [-0.2, -0.15) is 0 Å². The second-order valence-electron chi connectivity index (χ2n) is 4.74. The molecule has 1 heteroatoms. The van der Waals surface area contributed by atoms with Crippen LogP contribution in [0.5, 0.6) is 0 Å². The van der Waals surface area contributed by atoms with E-state index in [0.29, 0.717) is 0 Å². The van der Waals surface area contributed by atoms with E-state index in [-0.39, 0.29) is 0 Å². The maximum absolute atomic E-state index is 2.40. The van der Waals surface area contributed by atoms with Crippen molar-refractivity contribution < 1.29 is 0 Å². The molecule has 0 aromatic heterocycles. The summed E-state index contributed by atoms with van der Waals surface area (Å²) in [7, 11) is 1.19. The Balaban J connectivity index is 2.17. The van der Waals surface area contributed by atoms with Crippen LogP contribution in [0.2, 0.25) is 0 Å². The molecule has 0 saturated heterocycles. The molecule has 0 aromatic carbocycles. The van der Waals surface area contributed by atoms with E-state index in [1.54, 1.807) is 0 Å². The van der Waals surface area contributed by atoms with Crippen LogP contribution in [0.15, 0.2) is 0 Å². The van der Waals surface area contributed by atoms with Crippen LogP contribution in [0, 0.1) is 0 Å². The zero-order chi connectivity index (χ0) is 10.1. The standard InChI is InChI=1S/C13H27P/c1-14-13-11-9-7-5-3-2-4-6-8-10-12-13/h13-14H,2-12H2,1H3. The Labute approximate surface area is 92.0 Å². The summed E-state index contributed by atoms with van der Waals surface area (Å²) in [5.41, 5.74) is 1.08. The number of hydrogen-bond donors (Lipinski definition) is 0. The van der Waals surface area contributed by atoms with Crippen LogP contribution in [0.25, 0.3) is 0 Å². The molecule has 0 N–H and O–H groups in total. The van der Waals surface area contributed by atoms with Gasteiger partial charge in [0.25, 0.3) is 0 Å². The SMILES string of the molecule is CPC1CCCCCCCCCCC1. The highest BCUT2D eigenvalue weighted by Crippen LogP contribution is 2.27. The van der Waals surface area contributed by atoms with Crippen molar-refractivity contribution in [1.29, 1.82) is 0 Å². The highest BCUT2D eigenvalue weighted by Gasteiger charge is 2.06. The van der Waals surface area contributed by atoms with Gasteiger partial charge in [0.2, 0.25) is 0 Å². The summed E-state index contributed by atoms with van der Waals surface area (Å²) in [6.45, 7) is 2.40. The van der Waals surface area contributed by atoms with E-state index in [2.05, 4.69) is 6.66 Å². The third kappa shape index (κ3) is 6.02. The van der Waals surface area contributed by atoms with E-state index >= 15 is 0 Å². The molecule has 0 heterocycles. The van der Waals surface area contributed by atoms with Gasteiger partial charge in [0.1, 0.15) is 0 Å². The van der Waals surface area contributed by atoms with Crippen LogP contribution in [0.4, 0.5) is 0 Å². The Hall–Kier alpha value is 0.430. The minimum Gasteiger partial charge on any atom is -0.122 e. The van der Waals surface area contributed by atoms with Crippen molar-refractivity contribution in [3.05, 3.63) is 0 Å². The fraction of sp³-hybridized carbons (Fsp3) is 1.00. The Morgan fingerprint density at radius 1 is 0.643 bits per heavy atom. The fourth-order valence-electron chi connectivity index (χ4n) is 2.45. The van der Waals surface area contributed by atoms with Crippen LogP contribution in [-0.2, 0) is 0 Å². The fourth-order valence-corrected chi connectivity index (χ4v) is 3.44. The predicted molar refractivity (Wildman–Crippen MR) is 68.8 cm³/mol. The summed E-state index contributed by atoms with van der Waals surface area (Å²) in [6, 6.07) is 0. The molecule has 0 spiro atoms. The molecule has 0 aliphatic heterocycles. The maximum Gasteiger partial charge on any atom is -0.0239 e. The summed E-state index contributed by atoms with van der Waals surface area (Å²) in [5, 5.41) is 0. The minimum absolute atomic E-state index is 1.08. The van der Waals surface area contributed by atoms with Crippen LogP contribution in [0.1, 0.15) is 70.6 Å². The molecule has 0 aromatic rings. The quantitative estimate of drug-likeness (QED) is 0.541. The summed E-state index contributed by atoms with van der Waals surface area (Å²) < 4.78 is 0. The molecule has 1 unspecified atom stereocenters. The van der Waals surface area contributed by atoms with Gasteiger partial charge in [-0.25, -0.2) is 0 Å². The van der Waals surface area contributed by atoms with Crippen molar-refractivity contribution in [1.82, 2.24) is 0 Å². The molecule has 1 rings (SSSR count). The second-order valence-corrected chi connectivity index (χ2v) is 6.14. The van der Waals surface area contributed by atoms with Gasteiger partial charge in [0, 0.05) is 0 Å². The molecular weight excluding hydrogens is 187 g/mol. The van der Waals surface area contributed by atoms with Gasteiger partial charge < -0.3 is 0 Å². The summed E-state index contributed by atoms with van der Waals surface area (Å²) >= 11 is 0. The smallest absolute Gasteiger partial charge is 0.0239 e. The van der Waals surface area contributed by atoms with E-state index in [4.69, 9.17) is 0 Å². The Bertz CT molecular complexity index is 110. The monoisotopic (exact) mass is 214 g/mol. The van der Waals surface area contributed by atoms with E-state index in [9.17, 15) is 0 Å². The van der Waals surface area contributed by atoms with E-state index < -0.39 is 0 Å². The molecule has 0 nitrogen and oxygen atoms in total. The van der Waals surface area contributed by atoms with Gasteiger partial charge in [-0.15, -0.1) is 8.58 Å². The van der Waals surface area contributed by atoms with Gasteiger partial charge in [-0.05, 0) is 25.2 Å². The first kappa shape index (κ1) is 12.5. The van der Waals surface area contributed by atoms with Crippen LogP contribution in [-0.4, -0.2) is 12.3 Å². The Morgan fingerprint density at radius 2 is 1.00 bits per heavy atom. The first-order valence-corrected chi connectivity index (χ1v) is 8.18. The Morgan fingerprint density at radius 3 is 1.36 bits per heavy atom. The van der Waals surface area contributed by atoms with E-state index in [0.717, 1.165) is 5.66 Å². The van der Waals surface area contributed by atoms with Gasteiger partial charge >= 0.3 is 0 Å². The lowest BCUT2D eigenvalue weighted by molar-refractivity contribution is 0.509. The van der Waals surface area contributed by atoms with Gasteiger partial charge in [0.15, 0.2) is 0 Å². The van der Waals surface area contributed by atoms with Crippen LogP contribution < -0.4 is 0 Å². The zero-order valence-corrected chi connectivity index (χ0v) is 10.9. The molecule has 84 valence electrons. The van der Waals surface area contributed by atoms with Crippen molar-refractivity contribution >= 4 is 8.58 Å². The summed E-state index contributed by atoms with van der Waals surface area (Å²) in [6.07, 6.45) is 16.6. The lowest BCUT2D eigenvalue weighted by Gasteiger charge is -2.15. The van der Waals surface area contributed by atoms with Gasteiger partial charge in [0.05, 0.1) is 0 Å².